The van der Waals surface area contributed by atoms with Gasteiger partial charge in [0.15, 0.2) is 0 Å². The maximum atomic E-state index is 2.56. The van der Waals surface area contributed by atoms with Crippen LogP contribution in [0.4, 0.5) is 0 Å². The molecule has 0 atom stereocenters. The summed E-state index contributed by atoms with van der Waals surface area (Å²) in [6, 6.07) is 10.4. The summed E-state index contributed by atoms with van der Waals surface area (Å²) in [5.41, 5.74) is 1.38. The molecule has 0 aliphatic heterocycles. The van der Waals surface area contributed by atoms with Crippen LogP contribution in [0.1, 0.15) is 5.56 Å². The Kier molecular flexibility index (Phi) is 2.13. The van der Waals surface area contributed by atoms with Crippen LogP contribution in [-0.4, -0.2) is 16.0 Å². The minimum atomic E-state index is 1.08. The van der Waals surface area contributed by atoms with Gasteiger partial charge in [0.05, 0.1) is 0 Å². The first-order valence-electron chi connectivity index (χ1n) is 2.58. The Hall–Kier alpha value is -0.261. The quantitative estimate of drug-likeness (QED) is 0.555. The van der Waals surface area contributed by atoms with Crippen molar-refractivity contribution in [2.24, 2.45) is 0 Å². The monoisotopic (exact) mass is 172 g/mol. The molecule has 1 rings (SSSR count). The van der Waals surface area contributed by atoms with E-state index in [0.29, 0.717) is 0 Å². The molecule has 0 aromatic heterocycles. The molecule has 0 aliphatic rings. The molecule has 0 saturated heterocycles. The van der Waals surface area contributed by atoms with Crippen LogP contribution in [0.5, 0.6) is 0 Å². The summed E-state index contributed by atoms with van der Waals surface area (Å²) < 4.78 is 0. The van der Waals surface area contributed by atoms with Gasteiger partial charge in [-0.2, -0.15) is 0 Å². The maximum absolute atomic E-state index is 2.56. The van der Waals surface area contributed by atoms with Crippen molar-refractivity contribution in [3.63, 3.8) is 0 Å². The Bertz CT molecular complexity index is 146. The molecule has 1 heteroatoms. The minimum absolute atomic E-state index is 1.08. The predicted octanol–water partition coefficient (Wildman–Crippen LogP) is 1.09. The molecule has 0 radical (unpaired) electrons. The molecule has 0 amide bonds. The van der Waals surface area contributed by atoms with Gasteiger partial charge in [0.1, 0.15) is 0 Å². The Morgan fingerprint density at radius 3 is 2.12 bits per heavy atom. The topological polar surface area (TPSA) is 0 Å². The molecular formula is C7H8Se. The van der Waals surface area contributed by atoms with Crippen LogP contribution in [0.2, 0.25) is 0 Å². The van der Waals surface area contributed by atoms with Crippen molar-refractivity contribution in [1.29, 1.82) is 0 Å². The van der Waals surface area contributed by atoms with E-state index in [2.05, 4.69) is 40.3 Å². The first kappa shape index (κ1) is 5.87. The fourth-order valence-electron chi connectivity index (χ4n) is 0.583. The molecule has 1 aromatic rings. The fraction of sp³-hybridized carbons (Fsp3) is 0.143. The molecule has 42 valence electrons. The summed E-state index contributed by atoms with van der Waals surface area (Å²) in [5, 5.41) is 1.08. The summed E-state index contributed by atoms with van der Waals surface area (Å²) in [7, 11) is 0. The van der Waals surface area contributed by atoms with Gasteiger partial charge < -0.3 is 0 Å². The Balaban J connectivity index is 2.83. The molecule has 0 aliphatic carbocycles. The Morgan fingerprint density at radius 1 is 1.12 bits per heavy atom. The van der Waals surface area contributed by atoms with Crippen molar-refractivity contribution < 1.29 is 0 Å². The second-order valence-corrected chi connectivity index (χ2v) is 2.31. The molecule has 0 unspecified atom stereocenters. The van der Waals surface area contributed by atoms with Crippen LogP contribution < -0.4 is 0 Å². The molecule has 0 saturated carbocycles. The van der Waals surface area contributed by atoms with Gasteiger partial charge in [-0.15, -0.1) is 0 Å². The summed E-state index contributed by atoms with van der Waals surface area (Å²) in [4.78, 5) is 0. The summed E-state index contributed by atoms with van der Waals surface area (Å²) in [6.45, 7) is 0. The van der Waals surface area contributed by atoms with Gasteiger partial charge in [0.2, 0.25) is 0 Å². The van der Waals surface area contributed by atoms with E-state index in [0.717, 1.165) is 5.32 Å². The second kappa shape index (κ2) is 2.91. The van der Waals surface area contributed by atoms with E-state index < -0.39 is 0 Å². The molecular weight excluding hydrogens is 163 g/mol. The summed E-state index contributed by atoms with van der Waals surface area (Å²) >= 11 is 2.56. The Morgan fingerprint density at radius 2 is 1.75 bits per heavy atom. The van der Waals surface area contributed by atoms with E-state index >= 15 is 0 Å². The SMILES string of the molecule is [SeH]Cc1ccccc1. The van der Waals surface area contributed by atoms with Crippen LogP contribution in [0, 0.1) is 0 Å². The number of hydrogen-bond donors (Lipinski definition) is 0. The third-order valence-electron chi connectivity index (χ3n) is 1.03. The molecule has 0 N–H and O–H groups in total. The van der Waals surface area contributed by atoms with Crippen LogP contribution in [0.25, 0.3) is 0 Å². The zero-order valence-electron chi connectivity index (χ0n) is 4.54. The standard InChI is InChI=1S/C7H8Se/c8-6-7-4-2-1-3-5-7/h1-5,8H,6H2. The van der Waals surface area contributed by atoms with Crippen molar-refractivity contribution in [3.05, 3.63) is 35.9 Å². The molecule has 0 nitrogen and oxygen atoms in total. The molecule has 0 heterocycles. The number of rotatable bonds is 1. The van der Waals surface area contributed by atoms with E-state index in [1.54, 1.807) is 0 Å². The first-order valence-corrected chi connectivity index (χ1v) is 3.91. The van der Waals surface area contributed by atoms with Crippen LogP contribution in [-0.2, 0) is 5.32 Å². The Labute approximate surface area is 57.7 Å². The normalized spacial score (nSPS) is 9.12. The van der Waals surface area contributed by atoms with E-state index in [9.17, 15) is 0 Å². The molecule has 0 spiro atoms. The average molecular weight is 171 g/mol. The average Bonchev–Trinajstić information content (AvgIpc) is 1.90. The van der Waals surface area contributed by atoms with E-state index in [1.807, 2.05) is 6.07 Å². The van der Waals surface area contributed by atoms with Crippen LogP contribution in [0.15, 0.2) is 30.3 Å². The van der Waals surface area contributed by atoms with Crippen molar-refractivity contribution >= 4 is 16.0 Å². The van der Waals surface area contributed by atoms with Crippen molar-refractivity contribution in [2.75, 3.05) is 0 Å². The van der Waals surface area contributed by atoms with E-state index in [1.165, 1.54) is 5.56 Å². The summed E-state index contributed by atoms with van der Waals surface area (Å²) in [5.74, 6) is 0. The predicted molar refractivity (Wildman–Crippen MR) is 37.3 cm³/mol. The molecule has 0 bridgehead atoms. The zero-order valence-corrected chi connectivity index (χ0v) is 6.42. The van der Waals surface area contributed by atoms with Crippen molar-refractivity contribution in [2.45, 2.75) is 5.32 Å². The third kappa shape index (κ3) is 1.36. The van der Waals surface area contributed by atoms with Gasteiger partial charge in [0.25, 0.3) is 0 Å². The first-order chi connectivity index (χ1) is 3.93. The van der Waals surface area contributed by atoms with Crippen molar-refractivity contribution in [3.8, 4) is 0 Å². The van der Waals surface area contributed by atoms with Gasteiger partial charge in [-0.3, -0.25) is 0 Å². The van der Waals surface area contributed by atoms with Crippen molar-refractivity contribution in [1.82, 2.24) is 0 Å². The summed E-state index contributed by atoms with van der Waals surface area (Å²) in [6.07, 6.45) is 0. The molecule has 8 heavy (non-hydrogen) atoms. The fourth-order valence-corrected chi connectivity index (χ4v) is 1.03. The molecule has 0 fully saturated rings. The second-order valence-electron chi connectivity index (χ2n) is 1.64. The number of benzene rings is 1. The van der Waals surface area contributed by atoms with Gasteiger partial charge >= 0.3 is 57.2 Å². The number of hydrogen-bond acceptors (Lipinski definition) is 0. The zero-order chi connectivity index (χ0) is 5.82. The van der Waals surface area contributed by atoms with Gasteiger partial charge in [-0.1, -0.05) is 0 Å². The van der Waals surface area contributed by atoms with Gasteiger partial charge in [-0.25, -0.2) is 0 Å². The van der Waals surface area contributed by atoms with Crippen LogP contribution in [0.3, 0.4) is 0 Å². The third-order valence-corrected chi connectivity index (χ3v) is 1.79. The van der Waals surface area contributed by atoms with E-state index in [4.69, 9.17) is 0 Å². The van der Waals surface area contributed by atoms with Crippen LogP contribution >= 0.6 is 0 Å². The van der Waals surface area contributed by atoms with E-state index in [-0.39, 0.29) is 0 Å². The van der Waals surface area contributed by atoms with Gasteiger partial charge in [0, 0.05) is 0 Å². The van der Waals surface area contributed by atoms with Gasteiger partial charge in [-0.05, 0) is 0 Å². The molecule has 1 aromatic carbocycles.